The van der Waals surface area contributed by atoms with Crippen LogP contribution in [0.4, 0.5) is 4.39 Å². The summed E-state index contributed by atoms with van der Waals surface area (Å²) in [5.41, 5.74) is -1.10. The summed E-state index contributed by atoms with van der Waals surface area (Å²) < 4.78 is 18.3. The number of ether oxygens (including phenoxy) is 1. The van der Waals surface area contributed by atoms with Gasteiger partial charge in [-0.2, -0.15) is 0 Å². The van der Waals surface area contributed by atoms with Crippen molar-refractivity contribution in [3.05, 3.63) is 35.1 Å². The van der Waals surface area contributed by atoms with Gasteiger partial charge in [0.05, 0.1) is 12.7 Å². The predicted octanol–water partition coefficient (Wildman–Crippen LogP) is 2.52. The highest BCUT2D eigenvalue weighted by atomic mass is 19.1. The van der Waals surface area contributed by atoms with E-state index in [0.29, 0.717) is 5.56 Å². The van der Waals surface area contributed by atoms with Crippen molar-refractivity contribution in [2.45, 2.75) is 20.8 Å². The minimum atomic E-state index is -1.39. The fourth-order valence-electron chi connectivity index (χ4n) is 1.51. The summed E-state index contributed by atoms with van der Waals surface area (Å²) in [5.74, 6) is -1.84. The molecule has 0 N–H and O–H groups in total. The standard InChI is InChI=1S/C13H15FO3/c1-8-6-5-7-9(10(8)14)11(15)13(2,3)12(16)17-4/h5-7H,1-4H3. The maximum Gasteiger partial charge on any atom is 0.319 e. The SMILES string of the molecule is COC(=O)C(C)(C)C(=O)c1cccc(C)c1F. The fraction of sp³-hybridized carbons (Fsp3) is 0.385. The van der Waals surface area contributed by atoms with E-state index in [1.807, 2.05) is 0 Å². The summed E-state index contributed by atoms with van der Waals surface area (Å²) in [7, 11) is 1.20. The molecule has 0 aliphatic carbocycles. The summed E-state index contributed by atoms with van der Waals surface area (Å²) in [6, 6.07) is 4.52. The summed E-state index contributed by atoms with van der Waals surface area (Å²) in [4.78, 5) is 23.6. The molecule has 0 aliphatic heterocycles. The largest absolute Gasteiger partial charge is 0.468 e. The molecule has 1 aromatic rings. The van der Waals surface area contributed by atoms with Crippen LogP contribution in [0, 0.1) is 18.2 Å². The van der Waals surface area contributed by atoms with Crippen molar-refractivity contribution in [1.29, 1.82) is 0 Å². The normalized spacial score (nSPS) is 11.1. The number of methoxy groups -OCH3 is 1. The second-order valence-corrected chi connectivity index (χ2v) is 4.38. The smallest absolute Gasteiger partial charge is 0.319 e. The van der Waals surface area contributed by atoms with Gasteiger partial charge in [-0.3, -0.25) is 9.59 Å². The zero-order valence-corrected chi connectivity index (χ0v) is 10.3. The van der Waals surface area contributed by atoms with E-state index in [0.717, 1.165) is 0 Å². The van der Waals surface area contributed by atoms with Crippen LogP contribution in [-0.4, -0.2) is 18.9 Å². The van der Waals surface area contributed by atoms with Crippen LogP contribution < -0.4 is 0 Å². The number of benzene rings is 1. The minimum Gasteiger partial charge on any atom is -0.468 e. The van der Waals surface area contributed by atoms with Crippen molar-refractivity contribution in [3.8, 4) is 0 Å². The number of esters is 1. The second-order valence-electron chi connectivity index (χ2n) is 4.38. The Morgan fingerprint density at radius 1 is 1.29 bits per heavy atom. The first-order chi connectivity index (χ1) is 7.82. The molecule has 0 amide bonds. The van der Waals surface area contributed by atoms with E-state index in [9.17, 15) is 14.0 Å². The van der Waals surface area contributed by atoms with E-state index in [4.69, 9.17) is 0 Å². The van der Waals surface area contributed by atoms with Crippen LogP contribution in [0.25, 0.3) is 0 Å². The molecule has 0 spiro atoms. The summed E-state index contributed by atoms with van der Waals surface area (Å²) in [6.07, 6.45) is 0. The Balaban J connectivity index is 3.22. The van der Waals surface area contributed by atoms with E-state index in [1.165, 1.54) is 27.0 Å². The molecule has 1 aromatic carbocycles. The quantitative estimate of drug-likeness (QED) is 0.461. The average molecular weight is 238 g/mol. The summed E-state index contributed by atoms with van der Waals surface area (Å²) >= 11 is 0. The molecular weight excluding hydrogens is 223 g/mol. The van der Waals surface area contributed by atoms with Crippen molar-refractivity contribution < 1.29 is 18.7 Å². The lowest BCUT2D eigenvalue weighted by Gasteiger charge is -2.20. The monoisotopic (exact) mass is 238 g/mol. The van der Waals surface area contributed by atoms with Crippen LogP contribution in [0.3, 0.4) is 0 Å². The summed E-state index contributed by atoms with van der Waals surface area (Å²) in [6.45, 7) is 4.41. The second kappa shape index (κ2) is 4.65. The highest BCUT2D eigenvalue weighted by molar-refractivity contribution is 6.12. The van der Waals surface area contributed by atoms with Gasteiger partial charge in [-0.05, 0) is 32.4 Å². The Morgan fingerprint density at radius 3 is 2.41 bits per heavy atom. The number of halogens is 1. The number of hydrogen-bond acceptors (Lipinski definition) is 3. The highest BCUT2D eigenvalue weighted by Gasteiger charge is 2.38. The van der Waals surface area contributed by atoms with Gasteiger partial charge in [-0.25, -0.2) is 4.39 Å². The maximum atomic E-state index is 13.8. The third kappa shape index (κ3) is 2.35. The number of carbonyl (C=O) groups is 2. The molecule has 0 unspecified atom stereocenters. The van der Waals surface area contributed by atoms with Gasteiger partial charge >= 0.3 is 5.97 Å². The molecule has 0 radical (unpaired) electrons. The van der Waals surface area contributed by atoms with Crippen LogP contribution in [0.2, 0.25) is 0 Å². The van der Waals surface area contributed by atoms with Crippen LogP contribution in [0.15, 0.2) is 18.2 Å². The molecule has 0 saturated heterocycles. The van der Waals surface area contributed by atoms with Crippen molar-refractivity contribution in [2.24, 2.45) is 5.41 Å². The molecule has 0 bridgehead atoms. The molecule has 0 aromatic heterocycles. The molecule has 0 fully saturated rings. The Kier molecular flexibility index (Phi) is 3.66. The summed E-state index contributed by atoms with van der Waals surface area (Å²) in [5, 5.41) is 0. The number of hydrogen-bond donors (Lipinski definition) is 0. The van der Waals surface area contributed by atoms with Gasteiger partial charge in [-0.1, -0.05) is 12.1 Å². The van der Waals surface area contributed by atoms with Gasteiger partial charge in [-0.15, -0.1) is 0 Å². The van der Waals surface area contributed by atoms with E-state index in [-0.39, 0.29) is 5.56 Å². The van der Waals surface area contributed by atoms with Gasteiger partial charge in [0, 0.05) is 0 Å². The first kappa shape index (κ1) is 13.4. The topological polar surface area (TPSA) is 43.4 Å². The van der Waals surface area contributed by atoms with Crippen LogP contribution in [0.5, 0.6) is 0 Å². The molecule has 0 heterocycles. The van der Waals surface area contributed by atoms with Gasteiger partial charge in [0.2, 0.25) is 0 Å². The van der Waals surface area contributed by atoms with Crippen molar-refractivity contribution in [3.63, 3.8) is 0 Å². The van der Waals surface area contributed by atoms with Crippen molar-refractivity contribution in [2.75, 3.05) is 7.11 Å². The third-order valence-electron chi connectivity index (χ3n) is 2.70. The first-order valence-corrected chi connectivity index (χ1v) is 5.20. The molecule has 0 atom stereocenters. The first-order valence-electron chi connectivity index (χ1n) is 5.20. The van der Waals surface area contributed by atoms with E-state index in [2.05, 4.69) is 4.74 Å². The van der Waals surface area contributed by atoms with E-state index in [1.54, 1.807) is 19.1 Å². The average Bonchev–Trinajstić information content (AvgIpc) is 2.30. The number of rotatable bonds is 3. The Hall–Kier alpha value is -1.71. The number of carbonyl (C=O) groups excluding carboxylic acids is 2. The molecule has 4 heteroatoms. The predicted molar refractivity (Wildman–Crippen MR) is 61.3 cm³/mol. The molecule has 3 nitrogen and oxygen atoms in total. The van der Waals surface area contributed by atoms with E-state index >= 15 is 0 Å². The highest BCUT2D eigenvalue weighted by Crippen LogP contribution is 2.25. The number of ketones is 1. The van der Waals surface area contributed by atoms with Crippen LogP contribution in [-0.2, 0) is 9.53 Å². The number of aryl methyl sites for hydroxylation is 1. The molecule has 0 aliphatic rings. The van der Waals surface area contributed by atoms with Crippen molar-refractivity contribution >= 4 is 11.8 Å². The lowest BCUT2D eigenvalue weighted by atomic mass is 9.84. The molecular formula is C13H15FO3. The van der Waals surface area contributed by atoms with E-state index < -0.39 is 23.0 Å². The Morgan fingerprint density at radius 2 is 1.88 bits per heavy atom. The molecule has 92 valence electrons. The maximum absolute atomic E-state index is 13.8. The third-order valence-corrected chi connectivity index (χ3v) is 2.70. The van der Waals surface area contributed by atoms with Crippen molar-refractivity contribution in [1.82, 2.24) is 0 Å². The fourth-order valence-corrected chi connectivity index (χ4v) is 1.51. The minimum absolute atomic E-state index is 0.0830. The van der Waals surface area contributed by atoms with Gasteiger partial charge in [0.15, 0.2) is 5.78 Å². The van der Waals surface area contributed by atoms with Gasteiger partial charge < -0.3 is 4.74 Å². The van der Waals surface area contributed by atoms with Gasteiger partial charge in [0.1, 0.15) is 11.2 Å². The number of Topliss-reactive ketones (excluding diaryl/α,β-unsaturated/α-hetero) is 1. The molecule has 0 saturated carbocycles. The zero-order chi connectivity index (χ0) is 13.2. The molecule has 17 heavy (non-hydrogen) atoms. The van der Waals surface area contributed by atoms with Gasteiger partial charge in [0.25, 0.3) is 0 Å². The Labute approximate surface area is 99.6 Å². The lowest BCUT2D eigenvalue weighted by molar-refractivity contribution is -0.147. The molecule has 1 rings (SSSR count). The van der Waals surface area contributed by atoms with Crippen LogP contribution in [0.1, 0.15) is 29.8 Å². The zero-order valence-electron chi connectivity index (χ0n) is 10.3. The lowest BCUT2D eigenvalue weighted by Crippen LogP contribution is -2.35. The van der Waals surface area contributed by atoms with Crippen LogP contribution >= 0.6 is 0 Å². The Bertz CT molecular complexity index is 464.